The molecule has 0 saturated heterocycles. The smallest absolute Gasteiger partial charge is 0.0297 e. The van der Waals surface area contributed by atoms with E-state index in [0.29, 0.717) is 0 Å². The van der Waals surface area contributed by atoms with E-state index in [-0.39, 0.29) is 0 Å². The van der Waals surface area contributed by atoms with E-state index in [1.807, 2.05) is 0 Å². The molecule has 1 saturated carbocycles. The summed E-state index contributed by atoms with van der Waals surface area (Å²) in [7, 11) is 0. The largest absolute Gasteiger partial charge is 0.0654 e. The van der Waals surface area contributed by atoms with E-state index >= 15 is 0 Å². The molecule has 0 amide bonds. The molecular weight excluding hydrogens is 96.1 g/mol. The molecule has 0 radical (unpaired) electrons. The highest BCUT2D eigenvalue weighted by Gasteiger charge is 2.44. The molecule has 0 aromatic carbocycles. The van der Waals surface area contributed by atoms with Crippen molar-refractivity contribution in [3.8, 4) is 0 Å². The molecule has 0 heterocycles. The van der Waals surface area contributed by atoms with Gasteiger partial charge in [0, 0.05) is 0 Å². The maximum absolute atomic E-state index is 2.40. The lowest BCUT2D eigenvalue weighted by Gasteiger charge is -2.04. The molecule has 0 nitrogen and oxygen atoms in total. The molecule has 0 heteroatoms. The van der Waals surface area contributed by atoms with Gasteiger partial charge in [-0.3, -0.25) is 0 Å². The van der Waals surface area contributed by atoms with E-state index in [4.69, 9.17) is 0 Å². The van der Waals surface area contributed by atoms with E-state index in [9.17, 15) is 0 Å². The van der Waals surface area contributed by atoms with Crippen molar-refractivity contribution in [1.82, 2.24) is 0 Å². The molecule has 0 bridgehead atoms. The Labute approximate surface area is 52.3 Å². The summed E-state index contributed by atoms with van der Waals surface area (Å²) in [5.74, 6) is 1.02. The first-order valence-corrected chi connectivity index (χ1v) is 3.69. The average molecular weight is 112 g/mol. The average Bonchev–Trinajstić information content (AvgIpc) is 2.16. The first kappa shape index (κ1) is 6.12. The van der Waals surface area contributed by atoms with Gasteiger partial charge in [-0.15, -0.1) is 0 Å². The summed E-state index contributed by atoms with van der Waals surface area (Å²) in [5, 5.41) is 0. The van der Waals surface area contributed by atoms with Crippen LogP contribution in [-0.4, -0.2) is 0 Å². The van der Waals surface area contributed by atoms with Crippen LogP contribution in [0.5, 0.6) is 0 Å². The van der Waals surface area contributed by atoms with Crippen molar-refractivity contribution >= 4 is 0 Å². The Morgan fingerprint density at radius 2 is 2.12 bits per heavy atom. The second-order valence-electron chi connectivity index (χ2n) is 3.51. The third-order valence-electron chi connectivity index (χ3n) is 2.62. The van der Waals surface area contributed by atoms with Crippen molar-refractivity contribution < 1.29 is 0 Å². The first-order valence-electron chi connectivity index (χ1n) is 3.69. The molecule has 0 spiro atoms. The van der Waals surface area contributed by atoms with Crippen LogP contribution in [0.1, 0.15) is 40.0 Å². The normalized spacial score (nSPS) is 44.6. The standard InChI is InChI=1S/C8H16/c1-4-5-8(3)6-7(8)2/h7H,4-6H2,1-3H3/t7-,8+/m0/s1. The molecule has 1 aliphatic rings. The minimum Gasteiger partial charge on any atom is -0.0654 e. The molecule has 2 atom stereocenters. The van der Waals surface area contributed by atoms with E-state index < -0.39 is 0 Å². The van der Waals surface area contributed by atoms with Crippen LogP contribution in [-0.2, 0) is 0 Å². The van der Waals surface area contributed by atoms with Crippen molar-refractivity contribution in [2.75, 3.05) is 0 Å². The minimum absolute atomic E-state index is 0.759. The molecule has 8 heavy (non-hydrogen) atoms. The lowest BCUT2D eigenvalue weighted by Crippen LogP contribution is -1.93. The maximum Gasteiger partial charge on any atom is -0.0297 e. The SMILES string of the molecule is CCC[C@]1(C)C[C@@H]1C. The van der Waals surface area contributed by atoms with E-state index in [0.717, 1.165) is 11.3 Å². The van der Waals surface area contributed by atoms with Gasteiger partial charge in [0.2, 0.25) is 0 Å². The highest BCUT2D eigenvalue weighted by molar-refractivity contribution is 4.95. The summed E-state index contributed by atoms with van der Waals surface area (Å²) in [4.78, 5) is 0. The van der Waals surface area contributed by atoms with Gasteiger partial charge in [0.15, 0.2) is 0 Å². The van der Waals surface area contributed by atoms with Crippen LogP contribution in [0, 0.1) is 11.3 Å². The Hall–Kier alpha value is 0. The summed E-state index contributed by atoms with van der Waals surface area (Å²) in [6.07, 6.45) is 4.27. The Morgan fingerprint density at radius 1 is 1.62 bits per heavy atom. The quantitative estimate of drug-likeness (QED) is 0.515. The lowest BCUT2D eigenvalue weighted by atomic mass is 10.0. The zero-order chi connectivity index (χ0) is 6.20. The van der Waals surface area contributed by atoms with Crippen LogP contribution >= 0.6 is 0 Å². The lowest BCUT2D eigenvalue weighted by molar-refractivity contribution is 0.468. The predicted molar refractivity (Wildman–Crippen MR) is 36.8 cm³/mol. The van der Waals surface area contributed by atoms with Gasteiger partial charge >= 0.3 is 0 Å². The van der Waals surface area contributed by atoms with Gasteiger partial charge in [-0.25, -0.2) is 0 Å². The zero-order valence-corrected chi connectivity index (χ0v) is 6.20. The van der Waals surface area contributed by atoms with Gasteiger partial charge in [-0.05, 0) is 24.2 Å². The van der Waals surface area contributed by atoms with Crippen molar-refractivity contribution in [2.45, 2.75) is 40.0 Å². The third kappa shape index (κ3) is 0.888. The van der Waals surface area contributed by atoms with Gasteiger partial charge in [-0.2, -0.15) is 0 Å². The van der Waals surface area contributed by atoms with Gasteiger partial charge < -0.3 is 0 Å². The van der Waals surface area contributed by atoms with Crippen LogP contribution in [0.25, 0.3) is 0 Å². The number of rotatable bonds is 2. The zero-order valence-electron chi connectivity index (χ0n) is 6.20. The van der Waals surface area contributed by atoms with E-state index in [2.05, 4.69) is 20.8 Å². The second-order valence-corrected chi connectivity index (χ2v) is 3.51. The summed E-state index contributed by atoms with van der Waals surface area (Å²) in [6.45, 7) is 7.03. The van der Waals surface area contributed by atoms with Crippen molar-refractivity contribution in [1.29, 1.82) is 0 Å². The predicted octanol–water partition coefficient (Wildman–Crippen LogP) is 2.83. The van der Waals surface area contributed by atoms with Crippen LogP contribution in [0.2, 0.25) is 0 Å². The van der Waals surface area contributed by atoms with Crippen LogP contribution in [0.15, 0.2) is 0 Å². The molecule has 1 aliphatic carbocycles. The minimum atomic E-state index is 0.759. The van der Waals surface area contributed by atoms with Crippen LogP contribution in [0.3, 0.4) is 0 Å². The molecule has 1 rings (SSSR count). The fourth-order valence-corrected chi connectivity index (χ4v) is 1.56. The molecular formula is C8H16. The van der Waals surface area contributed by atoms with Crippen molar-refractivity contribution in [2.24, 2.45) is 11.3 Å². The fourth-order valence-electron chi connectivity index (χ4n) is 1.56. The third-order valence-corrected chi connectivity index (χ3v) is 2.62. The van der Waals surface area contributed by atoms with Gasteiger partial charge in [0.1, 0.15) is 0 Å². The van der Waals surface area contributed by atoms with Crippen LogP contribution < -0.4 is 0 Å². The molecule has 0 aromatic rings. The number of hydrogen-bond acceptors (Lipinski definition) is 0. The number of hydrogen-bond donors (Lipinski definition) is 0. The van der Waals surface area contributed by atoms with E-state index in [1.54, 1.807) is 0 Å². The molecule has 0 unspecified atom stereocenters. The Balaban J connectivity index is 2.25. The van der Waals surface area contributed by atoms with Gasteiger partial charge in [0.05, 0.1) is 0 Å². The highest BCUT2D eigenvalue weighted by Crippen LogP contribution is 2.54. The second kappa shape index (κ2) is 1.75. The fraction of sp³-hybridized carbons (Fsp3) is 1.00. The Morgan fingerprint density at radius 3 is 2.25 bits per heavy atom. The summed E-state index contributed by atoms with van der Waals surface area (Å²) in [6, 6.07) is 0. The van der Waals surface area contributed by atoms with E-state index in [1.165, 1.54) is 19.3 Å². The van der Waals surface area contributed by atoms with Crippen molar-refractivity contribution in [3.05, 3.63) is 0 Å². The molecule has 0 N–H and O–H groups in total. The van der Waals surface area contributed by atoms with Crippen molar-refractivity contribution in [3.63, 3.8) is 0 Å². The Kier molecular flexibility index (Phi) is 1.34. The summed E-state index contributed by atoms with van der Waals surface area (Å²) in [5.41, 5.74) is 0.759. The van der Waals surface area contributed by atoms with Gasteiger partial charge in [-0.1, -0.05) is 27.2 Å². The molecule has 0 aliphatic heterocycles. The Bertz CT molecular complexity index is 86.0. The van der Waals surface area contributed by atoms with Gasteiger partial charge in [0.25, 0.3) is 0 Å². The highest BCUT2D eigenvalue weighted by atomic mass is 14.5. The molecule has 0 aromatic heterocycles. The molecule has 48 valence electrons. The topological polar surface area (TPSA) is 0 Å². The molecule has 1 fully saturated rings. The first-order chi connectivity index (χ1) is 3.69. The maximum atomic E-state index is 2.40. The monoisotopic (exact) mass is 112 g/mol. The van der Waals surface area contributed by atoms with Crippen LogP contribution in [0.4, 0.5) is 0 Å². The summed E-state index contributed by atoms with van der Waals surface area (Å²) >= 11 is 0. The summed E-state index contributed by atoms with van der Waals surface area (Å²) < 4.78 is 0.